The summed E-state index contributed by atoms with van der Waals surface area (Å²) in [6.45, 7) is 2.01. The van der Waals surface area contributed by atoms with Crippen LogP contribution in [0.5, 0.6) is 5.75 Å². The SMILES string of the molecule is COc1ccc(S(=O)(=O)NCCc2csc(N)n2)c(C)c1. The molecule has 0 spiro atoms. The Balaban J connectivity index is 2.04. The molecule has 0 fully saturated rings. The number of benzene rings is 1. The molecule has 0 radical (unpaired) electrons. The highest BCUT2D eigenvalue weighted by Gasteiger charge is 2.16. The second-order valence-corrected chi connectivity index (χ2v) is 7.08. The van der Waals surface area contributed by atoms with Gasteiger partial charge in [-0.15, -0.1) is 11.3 Å². The fourth-order valence-corrected chi connectivity index (χ4v) is 3.73. The maximum absolute atomic E-state index is 12.3. The Morgan fingerprint density at radius 3 is 2.76 bits per heavy atom. The van der Waals surface area contributed by atoms with Gasteiger partial charge in [0, 0.05) is 18.3 Å². The average molecular weight is 327 g/mol. The smallest absolute Gasteiger partial charge is 0.240 e. The lowest BCUT2D eigenvalue weighted by Gasteiger charge is -2.10. The van der Waals surface area contributed by atoms with Crippen LogP contribution in [-0.2, 0) is 16.4 Å². The number of anilines is 1. The minimum Gasteiger partial charge on any atom is -0.497 e. The predicted octanol–water partition coefficient (Wildman–Crippen LogP) is 1.56. The Morgan fingerprint density at radius 1 is 1.43 bits per heavy atom. The molecular formula is C13H17N3O3S2. The molecular weight excluding hydrogens is 310 g/mol. The lowest BCUT2D eigenvalue weighted by Crippen LogP contribution is -2.26. The van der Waals surface area contributed by atoms with Gasteiger partial charge in [-0.3, -0.25) is 0 Å². The fraction of sp³-hybridized carbons (Fsp3) is 0.308. The molecule has 1 aromatic heterocycles. The number of rotatable bonds is 6. The molecule has 0 aliphatic heterocycles. The van der Waals surface area contributed by atoms with Gasteiger partial charge in [0.15, 0.2) is 5.13 Å². The first-order valence-electron chi connectivity index (χ1n) is 6.26. The van der Waals surface area contributed by atoms with E-state index in [1.165, 1.54) is 17.4 Å². The second kappa shape index (κ2) is 6.42. The van der Waals surface area contributed by atoms with Crippen LogP contribution in [0.15, 0.2) is 28.5 Å². The van der Waals surface area contributed by atoms with Crippen molar-refractivity contribution in [1.82, 2.24) is 9.71 Å². The average Bonchev–Trinajstić information content (AvgIpc) is 2.83. The van der Waals surface area contributed by atoms with Crippen molar-refractivity contribution in [3.05, 3.63) is 34.8 Å². The highest BCUT2D eigenvalue weighted by Crippen LogP contribution is 2.20. The van der Waals surface area contributed by atoms with E-state index in [1.807, 2.05) is 5.38 Å². The number of thiazole rings is 1. The minimum atomic E-state index is -3.54. The Hall–Kier alpha value is -1.64. The molecule has 21 heavy (non-hydrogen) atoms. The number of sulfonamides is 1. The van der Waals surface area contributed by atoms with Crippen LogP contribution in [0.2, 0.25) is 0 Å². The van der Waals surface area contributed by atoms with Gasteiger partial charge in [-0.25, -0.2) is 18.1 Å². The highest BCUT2D eigenvalue weighted by molar-refractivity contribution is 7.89. The van der Waals surface area contributed by atoms with Gasteiger partial charge < -0.3 is 10.5 Å². The Kier molecular flexibility index (Phi) is 4.81. The van der Waals surface area contributed by atoms with E-state index in [0.717, 1.165) is 5.69 Å². The number of hydrogen-bond acceptors (Lipinski definition) is 6. The van der Waals surface area contributed by atoms with Gasteiger partial charge in [0.25, 0.3) is 0 Å². The molecule has 0 aliphatic rings. The molecule has 0 aliphatic carbocycles. The van der Waals surface area contributed by atoms with Crippen LogP contribution in [0, 0.1) is 6.92 Å². The van der Waals surface area contributed by atoms with Crippen LogP contribution in [0.3, 0.4) is 0 Å². The zero-order chi connectivity index (χ0) is 15.5. The van der Waals surface area contributed by atoms with Gasteiger partial charge in [0.1, 0.15) is 5.75 Å². The van der Waals surface area contributed by atoms with E-state index in [9.17, 15) is 8.42 Å². The van der Waals surface area contributed by atoms with Crippen LogP contribution >= 0.6 is 11.3 Å². The normalized spacial score (nSPS) is 11.5. The monoisotopic (exact) mass is 327 g/mol. The lowest BCUT2D eigenvalue weighted by molar-refractivity contribution is 0.414. The van der Waals surface area contributed by atoms with Crippen molar-refractivity contribution in [2.45, 2.75) is 18.2 Å². The van der Waals surface area contributed by atoms with E-state index in [-0.39, 0.29) is 11.4 Å². The summed E-state index contributed by atoms with van der Waals surface area (Å²) in [5.74, 6) is 0.629. The predicted molar refractivity (Wildman–Crippen MR) is 83.1 cm³/mol. The van der Waals surface area contributed by atoms with E-state index in [1.54, 1.807) is 26.2 Å². The number of nitrogens with zero attached hydrogens (tertiary/aromatic N) is 1. The molecule has 0 amide bonds. The summed E-state index contributed by atoms with van der Waals surface area (Å²) in [4.78, 5) is 4.34. The van der Waals surface area contributed by atoms with E-state index in [0.29, 0.717) is 22.9 Å². The summed E-state index contributed by atoms with van der Waals surface area (Å²) >= 11 is 1.34. The number of hydrogen-bond donors (Lipinski definition) is 2. The van der Waals surface area contributed by atoms with Gasteiger partial charge in [-0.1, -0.05) is 0 Å². The summed E-state index contributed by atoms with van der Waals surface area (Å²) in [5, 5.41) is 2.31. The van der Waals surface area contributed by atoms with Crippen molar-refractivity contribution in [1.29, 1.82) is 0 Å². The molecule has 0 unspecified atom stereocenters. The first kappa shape index (κ1) is 15.7. The van der Waals surface area contributed by atoms with Crippen molar-refractivity contribution in [2.75, 3.05) is 19.4 Å². The van der Waals surface area contributed by atoms with Crippen LogP contribution in [0.4, 0.5) is 5.13 Å². The maximum Gasteiger partial charge on any atom is 0.240 e. The molecule has 0 atom stereocenters. The number of nitrogens with one attached hydrogen (secondary N) is 1. The topological polar surface area (TPSA) is 94.3 Å². The van der Waals surface area contributed by atoms with Gasteiger partial charge in [0.05, 0.1) is 17.7 Å². The highest BCUT2D eigenvalue weighted by atomic mass is 32.2. The van der Waals surface area contributed by atoms with Crippen molar-refractivity contribution in [3.8, 4) is 5.75 Å². The maximum atomic E-state index is 12.3. The zero-order valence-corrected chi connectivity index (χ0v) is 13.4. The number of aromatic nitrogens is 1. The quantitative estimate of drug-likeness (QED) is 0.840. The number of aryl methyl sites for hydroxylation is 1. The van der Waals surface area contributed by atoms with Gasteiger partial charge in [-0.05, 0) is 30.7 Å². The molecule has 0 saturated heterocycles. The van der Waals surface area contributed by atoms with Crippen LogP contribution < -0.4 is 15.2 Å². The molecule has 2 rings (SSSR count). The summed E-state index contributed by atoms with van der Waals surface area (Å²) in [6.07, 6.45) is 0.502. The number of nitrogen functional groups attached to an aromatic ring is 1. The van der Waals surface area contributed by atoms with Gasteiger partial charge in [0.2, 0.25) is 10.0 Å². The third-order valence-corrected chi connectivity index (χ3v) is 5.26. The van der Waals surface area contributed by atoms with Crippen molar-refractivity contribution >= 4 is 26.5 Å². The zero-order valence-electron chi connectivity index (χ0n) is 11.8. The fourth-order valence-electron chi connectivity index (χ4n) is 1.88. The summed E-state index contributed by atoms with van der Waals surface area (Å²) < 4.78 is 32.1. The Bertz CT molecular complexity index is 726. The van der Waals surface area contributed by atoms with Gasteiger partial charge in [-0.2, -0.15) is 0 Å². The molecule has 8 heteroatoms. The third-order valence-electron chi connectivity index (χ3n) is 2.91. The van der Waals surface area contributed by atoms with E-state index >= 15 is 0 Å². The third kappa shape index (κ3) is 3.93. The van der Waals surface area contributed by atoms with Crippen LogP contribution in [-0.4, -0.2) is 27.1 Å². The Labute approximate surface area is 128 Å². The number of methoxy groups -OCH3 is 1. The number of ether oxygens (including phenoxy) is 1. The molecule has 114 valence electrons. The second-order valence-electron chi connectivity index (χ2n) is 4.46. The molecule has 6 nitrogen and oxygen atoms in total. The van der Waals surface area contributed by atoms with E-state index in [2.05, 4.69) is 9.71 Å². The molecule has 0 bridgehead atoms. The standard InChI is InChI=1S/C13H17N3O3S2/c1-9-7-11(19-2)3-4-12(9)21(17,18)15-6-5-10-8-20-13(14)16-10/h3-4,7-8,15H,5-6H2,1-2H3,(H2,14,16). The van der Waals surface area contributed by atoms with Crippen LogP contribution in [0.1, 0.15) is 11.3 Å². The van der Waals surface area contributed by atoms with E-state index in [4.69, 9.17) is 10.5 Å². The summed E-state index contributed by atoms with van der Waals surface area (Å²) in [5.41, 5.74) is 6.95. The molecule has 1 heterocycles. The van der Waals surface area contributed by atoms with Crippen molar-refractivity contribution in [3.63, 3.8) is 0 Å². The lowest BCUT2D eigenvalue weighted by atomic mass is 10.2. The Morgan fingerprint density at radius 2 is 2.19 bits per heavy atom. The summed E-state index contributed by atoms with van der Waals surface area (Å²) in [7, 11) is -2.00. The largest absolute Gasteiger partial charge is 0.497 e. The van der Waals surface area contributed by atoms with Crippen molar-refractivity contribution < 1.29 is 13.2 Å². The molecule has 2 aromatic rings. The number of nitrogens with two attached hydrogens (primary N) is 1. The first-order chi connectivity index (χ1) is 9.92. The molecule has 1 aromatic carbocycles. The first-order valence-corrected chi connectivity index (χ1v) is 8.63. The summed E-state index contributed by atoms with van der Waals surface area (Å²) in [6, 6.07) is 4.86. The molecule has 3 N–H and O–H groups in total. The van der Waals surface area contributed by atoms with Crippen molar-refractivity contribution in [2.24, 2.45) is 0 Å². The van der Waals surface area contributed by atoms with Crippen LogP contribution in [0.25, 0.3) is 0 Å². The molecule has 0 saturated carbocycles. The minimum absolute atomic E-state index is 0.251. The van der Waals surface area contributed by atoms with E-state index < -0.39 is 10.0 Å². The van der Waals surface area contributed by atoms with Gasteiger partial charge >= 0.3 is 0 Å².